The molecule has 0 radical (unpaired) electrons. The fourth-order valence-corrected chi connectivity index (χ4v) is 4.46. The van der Waals surface area contributed by atoms with Gasteiger partial charge in [0.25, 0.3) is 0 Å². The van der Waals surface area contributed by atoms with Crippen molar-refractivity contribution in [3.63, 3.8) is 0 Å². The van der Waals surface area contributed by atoms with Crippen LogP contribution in [0.3, 0.4) is 0 Å². The first-order chi connectivity index (χ1) is 14.1. The molecule has 2 aliphatic rings. The Kier molecular flexibility index (Phi) is 3.93. The second kappa shape index (κ2) is 6.13. The maximum atomic E-state index is 13.3. The Balaban J connectivity index is 1.42. The maximum Gasteiger partial charge on any atom is 0.235 e. The standard InChI is InChI=1S/C26H30N2O2/c1-24(2,3)22-13-16-12-18(7-8-20(16)28-22)27-23(29)26(10-11-26)17-6-9-21-19(14-17)25(4,5)15-30-21/h6-9,12-14,28H,10-11,15H2,1-5H3,(H,27,29). The van der Waals surface area contributed by atoms with E-state index < -0.39 is 5.41 Å². The van der Waals surface area contributed by atoms with Gasteiger partial charge < -0.3 is 15.0 Å². The molecule has 2 N–H and O–H groups in total. The molecule has 30 heavy (non-hydrogen) atoms. The molecule has 0 atom stereocenters. The number of carbonyl (C=O) groups excluding carboxylic acids is 1. The van der Waals surface area contributed by atoms with Crippen LogP contribution >= 0.6 is 0 Å². The molecule has 0 spiro atoms. The summed E-state index contributed by atoms with van der Waals surface area (Å²) in [6, 6.07) is 14.6. The second-order valence-corrected chi connectivity index (χ2v) is 10.7. The zero-order valence-corrected chi connectivity index (χ0v) is 18.5. The summed E-state index contributed by atoms with van der Waals surface area (Å²) in [5.74, 6) is 1.04. The number of aromatic amines is 1. The normalized spacial score (nSPS) is 18.7. The molecule has 4 heteroatoms. The number of rotatable bonds is 3. The number of fused-ring (bicyclic) bond motifs is 2. The van der Waals surface area contributed by atoms with E-state index in [-0.39, 0.29) is 16.7 Å². The van der Waals surface area contributed by atoms with Gasteiger partial charge in [0.15, 0.2) is 0 Å². The average Bonchev–Trinajstić information content (AvgIpc) is 3.29. The minimum absolute atomic E-state index is 0.0119. The summed E-state index contributed by atoms with van der Waals surface area (Å²) in [6.07, 6.45) is 1.78. The van der Waals surface area contributed by atoms with Crippen molar-refractivity contribution in [2.75, 3.05) is 11.9 Å². The fraction of sp³-hybridized carbons (Fsp3) is 0.423. The zero-order valence-electron chi connectivity index (χ0n) is 18.5. The number of H-pyrrole nitrogens is 1. The van der Waals surface area contributed by atoms with Gasteiger partial charge in [-0.25, -0.2) is 0 Å². The van der Waals surface area contributed by atoms with Crippen molar-refractivity contribution in [2.24, 2.45) is 0 Å². The lowest BCUT2D eigenvalue weighted by atomic mass is 9.83. The molecule has 4 nitrogen and oxygen atoms in total. The number of ether oxygens (including phenoxy) is 1. The van der Waals surface area contributed by atoms with Crippen LogP contribution in [0.15, 0.2) is 42.5 Å². The van der Waals surface area contributed by atoms with Crippen LogP contribution in [-0.2, 0) is 21.0 Å². The van der Waals surface area contributed by atoms with Crippen LogP contribution in [0.1, 0.15) is 64.3 Å². The minimum atomic E-state index is -0.419. The molecule has 3 aromatic rings. The molecule has 0 saturated heterocycles. The lowest BCUT2D eigenvalue weighted by Gasteiger charge is -2.20. The topological polar surface area (TPSA) is 54.1 Å². The number of anilines is 1. The van der Waals surface area contributed by atoms with Gasteiger partial charge in [-0.05, 0) is 48.7 Å². The highest BCUT2D eigenvalue weighted by atomic mass is 16.5. The molecular weight excluding hydrogens is 372 g/mol. The smallest absolute Gasteiger partial charge is 0.235 e. The summed E-state index contributed by atoms with van der Waals surface area (Å²) < 4.78 is 5.82. The average molecular weight is 403 g/mol. The van der Waals surface area contributed by atoms with E-state index in [2.05, 4.69) is 75.3 Å². The lowest BCUT2D eigenvalue weighted by Crippen LogP contribution is -2.28. The Morgan fingerprint density at radius 3 is 2.53 bits per heavy atom. The number of benzene rings is 2. The Bertz CT molecular complexity index is 1160. The second-order valence-electron chi connectivity index (χ2n) is 10.7. The molecule has 2 heterocycles. The third-order valence-electron chi connectivity index (χ3n) is 6.72. The third-order valence-corrected chi connectivity index (χ3v) is 6.72. The molecule has 1 amide bonds. The summed E-state index contributed by atoms with van der Waals surface area (Å²) in [5.41, 5.74) is 5.09. The van der Waals surface area contributed by atoms with Crippen LogP contribution in [0.2, 0.25) is 0 Å². The van der Waals surface area contributed by atoms with Crippen LogP contribution in [0, 0.1) is 0 Å². The number of carbonyl (C=O) groups is 1. The predicted octanol–water partition coefficient (Wildman–Crippen LogP) is 5.81. The van der Waals surface area contributed by atoms with Crippen molar-refractivity contribution < 1.29 is 9.53 Å². The van der Waals surface area contributed by atoms with Crippen LogP contribution in [0.25, 0.3) is 10.9 Å². The van der Waals surface area contributed by atoms with Gasteiger partial charge in [-0.3, -0.25) is 4.79 Å². The van der Waals surface area contributed by atoms with Crippen molar-refractivity contribution >= 4 is 22.5 Å². The van der Waals surface area contributed by atoms with E-state index in [0.29, 0.717) is 6.61 Å². The molecule has 5 rings (SSSR count). The fourth-order valence-electron chi connectivity index (χ4n) is 4.46. The molecule has 2 aromatic carbocycles. The molecular formula is C26H30N2O2. The lowest BCUT2D eigenvalue weighted by molar-refractivity contribution is -0.118. The van der Waals surface area contributed by atoms with Crippen LogP contribution < -0.4 is 10.1 Å². The van der Waals surface area contributed by atoms with Crippen molar-refractivity contribution in [3.8, 4) is 5.75 Å². The summed E-state index contributed by atoms with van der Waals surface area (Å²) in [7, 11) is 0. The van der Waals surface area contributed by atoms with E-state index >= 15 is 0 Å². The minimum Gasteiger partial charge on any atom is -0.492 e. The predicted molar refractivity (Wildman–Crippen MR) is 122 cm³/mol. The third kappa shape index (κ3) is 3.01. The van der Waals surface area contributed by atoms with E-state index in [9.17, 15) is 4.79 Å². The van der Waals surface area contributed by atoms with Crippen molar-refractivity contribution in [1.29, 1.82) is 0 Å². The van der Waals surface area contributed by atoms with E-state index in [1.165, 1.54) is 11.3 Å². The van der Waals surface area contributed by atoms with Crippen LogP contribution in [-0.4, -0.2) is 17.5 Å². The van der Waals surface area contributed by atoms with Gasteiger partial charge in [0.1, 0.15) is 5.75 Å². The van der Waals surface area contributed by atoms with E-state index in [4.69, 9.17) is 4.74 Å². The maximum absolute atomic E-state index is 13.3. The van der Waals surface area contributed by atoms with Crippen LogP contribution in [0.5, 0.6) is 5.75 Å². The largest absolute Gasteiger partial charge is 0.492 e. The van der Waals surface area contributed by atoms with Gasteiger partial charge in [-0.15, -0.1) is 0 Å². The number of hydrogen-bond donors (Lipinski definition) is 2. The number of nitrogens with one attached hydrogen (secondary N) is 2. The molecule has 1 saturated carbocycles. The highest BCUT2D eigenvalue weighted by molar-refractivity contribution is 6.02. The van der Waals surface area contributed by atoms with Gasteiger partial charge in [0.2, 0.25) is 5.91 Å². The Morgan fingerprint density at radius 2 is 1.83 bits per heavy atom. The van der Waals surface area contributed by atoms with Crippen LogP contribution in [0.4, 0.5) is 5.69 Å². The van der Waals surface area contributed by atoms with E-state index in [1.54, 1.807) is 0 Å². The summed E-state index contributed by atoms with van der Waals surface area (Å²) >= 11 is 0. The van der Waals surface area contributed by atoms with Gasteiger partial charge in [0.05, 0.1) is 12.0 Å². The van der Waals surface area contributed by atoms with Gasteiger partial charge >= 0.3 is 0 Å². The summed E-state index contributed by atoms with van der Waals surface area (Å²) in [6.45, 7) is 11.7. The first-order valence-electron chi connectivity index (χ1n) is 10.8. The Labute approximate surface area is 178 Å². The van der Waals surface area contributed by atoms with E-state index in [1.807, 2.05) is 12.1 Å². The SMILES string of the molecule is CC(C)(C)c1cc2cc(NC(=O)C3(c4ccc5c(c4)C(C)(C)CO5)CC3)ccc2[nH]1. The highest BCUT2D eigenvalue weighted by Crippen LogP contribution is 2.51. The number of hydrogen-bond acceptors (Lipinski definition) is 2. The summed E-state index contributed by atoms with van der Waals surface area (Å²) in [5, 5.41) is 4.31. The van der Waals surface area contributed by atoms with Gasteiger partial charge in [0, 0.05) is 38.7 Å². The molecule has 1 fully saturated rings. The molecule has 0 bridgehead atoms. The molecule has 0 unspecified atom stereocenters. The first-order valence-corrected chi connectivity index (χ1v) is 10.8. The molecule has 1 aliphatic heterocycles. The Morgan fingerprint density at radius 1 is 1.07 bits per heavy atom. The molecule has 156 valence electrons. The molecule has 1 aromatic heterocycles. The highest BCUT2D eigenvalue weighted by Gasteiger charge is 2.52. The quantitative estimate of drug-likeness (QED) is 0.581. The molecule has 1 aliphatic carbocycles. The van der Waals surface area contributed by atoms with Crippen molar-refractivity contribution in [2.45, 2.75) is 63.7 Å². The number of aromatic nitrogens is 1. The van der Waals surface area contributed by atoms with Crippen molar-refractivity contribution in [3.05, 3.63) is 59.3 Å². The first kappa shape index (κ1) is 19.2. The summed E-state index contributed by atoms with van der Waals surface area (Å²) in [4.78, 5) is 16.8. The number of amides is 1. The Hall–Kier alpha value is -2.75. The van der Waals surface area contributed by atoms with Gasteiger partial charge in [-0.2, -0.15) is 0 Å². The van der Waals surface area contributed by atoms with E-state index in [0.717, 1.165) is 40.7 Å². The van der Waals surface area contributed by atoms with Crippen molar-refractivity contribution in [1.82, 2.24) is 4.98 Å². The zero-order chi connectivity index (χ0) is 21.3. The monoisotopic (exact) mass is 402 g/mol. The van der Waals surface area contributed by atoms with Gasteiger partial charge in [-0.1, -0.05) is 46.8 Å².